The average Bonchev–Trinajstić information content (AvgIpc) is 3.17. The highest BCUT2D eigenvalue weighted by atomic mass is 32.2. The lowest BCUT2D eigenvalue weighted by atomic mass is 10.2. The lowest BCUT2D eigenvalue weighted by Crippen LogP contribution is -2.21. The second-order valence-corrected chi connectivity index (χ2v) is 7.56. The molecule has 0 aliphatic carbocycles. The molecular weight excluding hydrogens is 312 g/mol. The van der Waals surface area contributed by atoms with Crippen LogP contribution in [0.4, 0.5) is 0 Å². The van der Waals surface area contributed by atoms with Crippen molar-refractivity contribution < 1.29 is 8.42 Å². The molecule has 0 bridgehead atoms. The van der Waals surface area contributed by atoms with Crippen LogP contribution in [0.5, 0.6) is 0 Å². The molecule has 1 aromatic heterocycles. The molecule has 122 valence electrons. The van der Waals surface area contributed by atoms with Crippen molar-refractivity contribution in [2.45, 2.75) is 30.6 Å². The number of hydrogen-bond donors (Lipinski definition) is 1. The minimum absolute atomic E-state index is 0.0185. The topological polar surface area (TPSA) is 76.9 Å². The molecule has 1 unspecified atom stereocenters. The molecule has 0 saturated carbocycles. The number of sulfone groups is 1. The summed E-state index contributed by atoms with van der Waals surface area (Å²) in [5.41, 5.74) is 1.02. The summed E-state index contributed by atoms with van der Waals surface area (Å²) in [6.07, 6.45) is 3.37. The maximum atomic E-state index is 12.5. The van der Waals surface area contributed by atoms with Crippen molar-refractivity contribution in [3.63, 3.8) is 0 Å². The summed E-state index contributed by atoms with van der Waals surface area (Å²) >= 11 is 0. The van der Waals surface area contributed by atoms with Crippen LogP contribution in [0, 0.1) is 0 Å². The lowest BCUT2D eigenvalue weighted by molar-refractivity contribution is 0.536. The van der Waals surface area contributed by atoms with Crippen molar-refractivity contribution in [1.82, 2.24) is 20.1 Å². The van der Waals surface area contributed by atoms with E-state index in [2.05, 4.69) is 22.1 Å². The fourth-order valence-corrected chi connectivity index (χ4v) is 3.96. The largest absolute Gasteiger partial charge is 0.307 e. The Labute approximate surface area is 136 Å². The summed E-state index contributed by atoms with van der Waals surface area (Å²) in [7, 11) is -3.53. The number of hydrogen-bond acceptors (Lipinski definition) is 5. The van der Waals surface area contributed by atoms with Gasteiger partial charge in [0.2, 0.25) is 15.0 Å². The fraction of sp³-hybridized carbons (Fsp3) is 0.375. The van der Waals surface area contributed by atoms with Crippen molar-refractivity contribution in [3.8, 4) is 0 Å². The van der Waals surface area contributed by atoms with E-state index in [1.165, 1.54) is 6.08 Å². The van der Waals surface area contributed by atoms with Gasteiger partial charge in [0.25, 0.3) is 0 Å². The van der Waals surface area contributed by atoms with Crippen molar-refractivity contribution >= 4 is 9.84 Å². The van der Waals surface area contributed by atoms with Gasteiger partial charge >= 0.3 is 0 Å². The van der Waals surface area contributed by atoms with E-state index in [1.807, 2.05) is 30.3 Å². The molecule has 0 spiro atoms. The van der Waals surface area contributed by atoms with E-state index in [4.69, 9.17) is 0 Å². The normalized spacial score (nSPS) is 18.2. The van der Waals surface area contributed by atoms with Crippen LogP contribution in [0.2, 0.25) is 0 Å². The molecule has 1 atom stereocenters. The lowest BCUT2D eigenvalue weighted by Gasteiger charge is -2.14. The highest BCUT2D eigenvalue weighted by Crippen LogP contribution is 2.24. The molecular formula is C16H20N4O2S. The Hall–Kier alpha value is -1.99. The Balaban J connectivity index is 2.04. The highest BCUT2D eigenvalue weighted by Gasteiger charge is 2.28. The molecule has 0 amide bonds. The first-order valence-electron chi connectivity index (χ1n) is 7.66. The van der Waals surface area contributed by atoms with Crippen LogP contribution in [-0.2, 0) is 16.4 Å². The predicted molar refractivity (Wildman–Crippen MR) is 87.8 cm³/mol. The maximum Gasteiger partial charge on any atom is 0.250 e. The van der Waals surface area contributed by atoms with E-state index in [0.717, 1.165) is 24.9 Å². The van der Waals surface area contributed by atoms with E-state index in [9.17, 15) is 8.42 Å². The molecule has 1 aliphatic heterocycles. The van der Waals surface area contributed by atoms with E-state index in [-0.39, 0.29) is 17.0 Å². The van der Waals surface area contributed by atoms with Crippen molar-refractivity contribution in [2.75, 3.05) is 12.3 Å². The van der Waals surface area contributed by atoms with Crippen LogP contribution >= 0.6 is 0 Å². The standard InChI is InChI=1S/C16H20N4O2S/c1-2-11-23(21,22)16-19-18-15(14-9-6-10-17-14)20(16)12-13-7-4-3-5-8-13/h2-5,7-8,14,17H,1,6,9-12H2. The molecule has 1 fully saturated rings. The molecule has 23 heavy (non-hydrogen) atoms. The summed E-state index contributed by atoms with van der Waals surface area (Å²) < 4.78 is 26.6. The Bertz CT molecular complexity index is 778. The van der Waals surface area contributed by atoms with Gasteiger partial charge in [-0.05, 0) is 24.9 Å². The number of benzene rings is 1. The second-order valence-electron chi connectivity index (χ2n) is 5.63. The van der Waals surface area contributed by atoms with E-state index < -0.39 is 9.84 Å². The quantitative estimate of drug-likeness (QED) is 0.815. The first-order chi connectivity index (χ1) is 11.1. The van der Waals surface area contributed by atoms with Crippen LogP contribution < -0.4 is 5.32 Å². The minimum Gasteiger partial charge on any atom is -0.307 e. The van der Waals surface area contributed by atoms with Crippen LogP contribution in [0.3, 0.4) is 0 Å². The van der Waals surface area contributed by atoms with E-state index in [1.54, 1.807) is 4.57 Å². The number of rotatable bonds is 6. The van der Waals surface area contributed by atoms with Gasteiger partial charge in [0, 0.05) is 0 Å². The van der Waals surface area contributed by atoms with Crippen molar-refractivity contribution in [1.29, 1.82) is 0 Å². The molecule has 1 N–H and O–H groups in total. The molecule has 2 aromatic rings. The third-order valence-corrected chi connectivity index (χ3v) is 5.45. The van der Waals surface area contributed by atoms with Gasteiger partial charge in [-0.3, -0.25) is 4.57 Å². The summed E-state index contributed by atoms with van der Waals surface area (Å²) in [6.45, 7) is 4.87. The molecule has 1 aromatic carbocycles. The van der Waals surface area contributed by atoms with Crippen LogP contribution in [-0.4, -0.2) is 35.5 Å². The van der Waals surface area contributed by atoms with Gasteiger partial charge < -0.3 is 5.32 Å². The summed E-state index contributed by atoms with van der Waals surface area (Å²) in [5.74, 6) is 0.548. The van der Waals surface area contributed by atoms with Crippen LogP contribution in [0.15, 0.2) is 48.1 Å². The number of nitrogens with zero attached hydrogens (tertiary/aromatic N) is 3. The van der Waals surface area contributed by atoms with Gasteiger partial charge in [0.05, 0.1) is 18.3 Å². The zero-order chi connectivity index (χ0) is 16.3. The molecule has 1 aliphatic rings. The summed E-state index contributed by atoms with van der Waals surface area (Å²) in [5, 5.41) is 11.5. The first-order valence-corrected chi connectivity index (χ1v) is 9.31. The monoisotopic (exact) mass is 332 g/mol. The van der Waals surface area contributed by atoms with Gasteiger partial charge in [0.15, 0.2) is 5.82 Å². The third-order valence-electron chi connectivity index (χ3n) is 3.92. The highest BCUT2D eigenvalue weighted by molar-refractivity contribution is 7.91. The summed E-state index contributed by atoms with van der Waals surface area (Å²) in [6, 6.07) is 9.80. The van der Waals surface area contributed by atoms with E-state index >= 15 is 0 Å². The van der Waals surface area contributed by atoms with Gasteiger partial charge in [-0.25, -0.2) is 8.42 Å². The van der Waals surface area contributed by atoms with Gasteiger partial charge in [-0.1, -0.05) is 36.4 Å². The maximum absolute atomic E-state index is 12.5. The molecule has 3 rings (SSSR count). The Morgan fingerprint density at radius 1 is 1.30 bits per heavy atom. The predicted octanol–water partition coefficient (Wildman–Crippen LogP) is 1.71. The van der Waals surface area contributed by atoms with Gasteiger partial charge in [0.1, 0.15) is 0 Å². The average molecular weight is 332 g/mol. The van der Waals surface area contributed by atoms with Crippen LogP contribution in [0.25, 0.3) is 0 Å². The zero-order valence-corrected chi connectivity index (χ0v) is 13.7. The third kappa shape index (κ3) is 3.35. The van der Waals surface area contributed by atoms with E-state index in [0.29, 0.717) is 12.4 Å². The fourth-order valence-electron chi connectivity index (χ4n) is 2.84. The van der Waals surface area contributed by atoms with Crippen molar-refractivity contribution in [2.24, 2.45) is 0 Å². The zero-order valence-electron chi connectivity index (χ0n) is 12.9. The minimum atomic E-state index is -3.53. The molecule has 0 radical (unpaired) electrons. The molecule has 7 heteroatoms. The molecule has 6 nitrogen and oxygen atoms in total. The molecule has 1 saturated heterocycles. The van der Waals surface area contributed by atoms with Crippen molar-refractivity contribution in [3.05, 3.63) is 54.4 Å². The molecule has 2 heterocycles. The Morgan fingerprint density at radius 2 is 2.09 bits per heavy atom. The SMILES string of the molecule is C=CCS(=O)(=O)c1nnc(C2CCCN2)n1Cc1ccccc1. The Kier molecular flexibility index (Phi) is 4.58. The van der Waals surface area contributed by atoms with Gasteiger partial charge in [-0.15, -0.1) is 16.8 Å². The second kappa shape index (κ2) is 6.64. The first kappa shape index (κ1) is 15.9. The van der Waals surface area contributed by atoms with Gasteiger partial charge in [-0.2, -0.15) is 0 Å². The smallest absolute Gasteiger partial charge is 0.250 e. The number of aromatic nitrogens is 3. The van der Waals surface area contributed by atoms with Crippen LogP contribution in [0.1, 0.15) is 30.3 Å². The Morgan fingerprint density at radius 3 is 2.74 bits per heavy atom. The number of nitrogens with one attached hydrogen (secondary N) is 1. The summed E-state index contributed by atoms with van der Waals surface area (Å²) in [4.78, 5) is 0.